The van der Waals surface area contributed by atoms with Crippen molar-refractivity contribution in [3.8, 4) is 0 Å². The van der Waals surface area contributed by atoms with Crippen molar-refractivity contribution in [3.05, 3.63) is 35.4 Å². The first kappa shape index (κ1) is 35.1. The maximum absolute atomic E-state index is 11.5. The highest BCUT2D eigenvalue weighted by molar-refractivity contribution is 5.79. The van der Waals surface area contributed by atoms with E-state index >= 15 is 0 Å². The molecular formula is C29H53N3O3. The first-order chi connectivity index (χ1) is 15.1. The highest BCUT2D eigenvalue weighted by Crippen LogP contribution is 2.21. The molecule has 0 radical (unpaired) electrons. The number of benzene rings is 1. The van der Waals surface area contributed by atoms with Gasteiger partial charge in [-0.25, -0.2) is 0 Å². The minimum Gasteiger partial charge on any atom is -0.343 e. The molecule has 202 valence electrons. The van der Waals surface area contributed by atoms with E-state index in [2.05, 4.69) is 48.0 Å². The van der Waals surface area contributed by atoms with E-state index in [1.807, 2.05) is 11.9 Å². The topological polar surface area (TPSA) is 60.9 Å². The fourth-order valence-electron chi connectivity index (χ4n) is 4.42. The third kappa shape index (κ3) is 11.5. The van der Waals surface area contributed by atoms with Crippen LogP contribution in [0.2, 0.25) is 0 Å². The van der Waals surface area contributed by atoms with Gasteiger partial charge in [0.25, 0.3) is 0 Å². The van der Waals surface area contributed by atoms with Crippen molar-refractivity contribution in [2.24, 2.45) is 17.8 Å². The SMILES string of the molecule is C.C.C.CC(=O)C1CN(C)C1.CC(=O)C1Cc2ccccc2CN(C)C1.CC(=O)N1CCC(C)C1. The lowest BCUT2D eigenvalue weighted by Crippen LogP contribution is -2.46. The smallest absolute Gasteiger partial charge is 0.219 e. The summed E-state index contributed by atoms with van der Waals surface area (Å²) in [7, 11) is 4.11. The molecule has 0 saturated carbocycles. The summed E-state index contributed by atoms with van der Waals surface area (Å²) in [6.45, 7) is 12.9. The number of likely N-dealkylation sites (tertiary alicyclic amines) is 2. The number of carbonyl (C=O) groups excluding carboxylic acids is 3. The number of fused-ring (bicyclic) bond motifs is 1. The first-order valence-electron chi connectivity index (χ1n) is 11.8. The Bertz CT molecular complexity index is 789. The van der Waals surface area contributed by atoms with Gasteiger partial charge >= 0.3 is 0 Å². The number of nitrogens with zero attached hydrogens (tertiary/aromatic N) is 3. The molecule has 4 rings (SSSR count). The van der Waals surface area contributed by atoms with Crippen molar-refractivity contribution >= 4 is 17.5 Å². The van der Waals surface area contributed by atoms with Crippen molar-refractivity contribution in [2.45, 2.75) is 69.4 Å². The van der Waals surface area contributed by atoms with Gasteiger partial charge < -0.3 is 14.7 Å². The first-order valence-corrected chi connectivity index (χ1v) is 11.8. The molecule has 0 bridgehead atoms. The molecule has 0 spiro atoms. The van der Waals surface area contributed by atoms with Gasteiger partial charge in [0, 0.05) is 58.0 Å². The zero-order chi connectivity index (χ0) is 23.8. The van der Waals surface area contributed by atoms with Gasteiger partial charge in [-0.3, -0.25) is 14.4 Å². The molecule has 1 amide bonds. The maximum atomic E-state index is 11.5. The van der Waals surface area contributed by atoms with Crippen molar-refractivity contribution < 1.29 is 14.4 Å². The summed E-state index contributed by atoms with van der Waals surface area (Å²) in [5.74, 6) is 2.09. The van der Waals surface area contributed by atoms with Crippen LogP contribution in [0.5, 0.6) is 0 Å². The maximum Gasteiger partial charge on any atom is 0.219 e. The summed E-state index contributed by atoms with van der Waals surface area (Å²) in [6, 6.07) is 8.43. The lowest BCUT2D eigenvalue weighted by molar-refractivity contribution is -0.128. The number of hydrogen-bond acceptors (Lipinski definition) is 5. The number of carbonyl (C=O) groups is 3. The zero-order valence-electron chi connectivity index (χ0n) is 20.8. The van der Waals surface area contributed by atoms with Gasteiger partial charge in [-0.05, 0) is 57.8 Å². The predicted octanol–water partition coefficient (Wildman–Crippen LogP) is 4.80. The highest BCUT2D eigenvalue weighted by Gasteiger charge is 2.26. The van der Waals surface area contributed by atoms with Crippen molar-refractivity contribution in [1.82, 2.24) is 14.7 Å². The number of ketones is 2. The van der Waals surface area contributed by atoms with Crippen LogP contribution < -0.4 is 0 Å². The summed E-state index contributed by atoms with van der Waals surface area (Å²) >= 11 is 0. The molecule has 2 saturated heterocycles. The second-order valence-corrected chi connectivity index (χ2v) is 9.86. The van der Waals surface area contributed by atoms with Crippen LogP contribution in [0, 0.1) is 17.8 Å². The summed E-state index contributed by atoms with van der Waals surface area (Å²) in [6.07, 6.45) is 2.08. The fourth-order valence-corrected chi connectivity index (χ4v) is 4.42. The number of rotatable bonds is 2. The van der Waals surface area contributed by atoms with Crippen LogP contribution in [0.3, 0.4) is 0 Å². The van der Waals surface area contributed by atoms with E-state index in [1.165, 1.54) is 17.5 Å². The average Bonchev–Trinajstić information content (AvgIpc) is 3.05. The summed E-state index contributed by atoms with van der Waals surface area (Å²) < 4.78 is 0. The molecule has 0 N–H and O–H groups in total. The summed E-state index contributed by atoms with van der Waals surface area (Å²) in [5, 5.41) is 0. The molecule has 0 aromatic heterocycles. The van der Waals surface area contributed by atoms with Crippen LogP contribution in [-0.2, 0) is 27.3 Å². The van der Waals surface area contributed by atoms with Gasteiger partial charge in [-0.1, -0.05) is 53.5 Å². The Balaban J connectivity index is 0. The Morgan fingerprint density at radius 1 is 0.771 bits per heavy atom. The Morgan fingerprint density at radius 3 is 1.66 bits per heavy atom. The molecule has 35 heavy (non-hydrogen) atoms. The van der Waals surface area contributed by atoms with Crippen molar-refractivity contribution in [2.75, 3.05) is 46.8 Å². The van der Waals surface area contributed by atoms with E-state index in [4.69, 9.17) is 0 Å². The van der Waals surface area contributed by atoms with Crippen LogP contribution in [0.25, 0.3) is 0 Å². The zero-order valence-corrected chi connectivity index (χ0v) is 20.8. The largest absolute Gasteiger partial charge is 0.343 e. The molecule has 2 unspecified atom stereocenters. The molecule has 2 atom stereocenters. The summed E-state index contributed by atoms with van der Waals surface area (Å²) in [4.78, 5) is 39.0. The molecule has 6 nitrogen and oxygen atoms in total. The molecular weight excluding hydrogens is 438 g/mol. The van der Waals surface area contributed by atoms with E-state index < -0.39 is 0 Å². The Morgan fingerprint density at radius 2 is 1.29 bits per heavy atom. The van der Waals surface area contributed by atoms with E-state index in [0.717, 1.165) is 45.7 Å². The minimum absolute atomic E-state index is 0. The molecule has 1 aromatic rings. The lowest BCUT2D eigenvalue weighted by Gasteiger charge is -2.34. The average molecular weight is 492 g/mol. The van der Waals surface area contributed by atoms with Crippen LogP contribution in [0.4, 0.5) is 0 Å². The van der Waals surface area contributed by atoms with Crippen molar-refractivity contribution in [1.29, 1.82) is 0 Å². The fraction of sp³-hybridized carbons (Fsp3) is 0.690. The minimum atomic E-state index is 0. The monoisotopic (exact) mass is 491 g/mol. The predicted molar refractivity (Wildman–Crippen MR) is 149 cm³/mol. The lowest BCUT2D eigenvalue weighted by atomic mass is 9.95. The van der Waals surface area contributed by atoms with E-state index in [0.29, 0.717) is 23.4 Å². The van der Waals surface area contributed by atoms with E-state index in [1.54, 1.807) is 20.8 Å². The number of amides is 1. The number of hydrogen-bond donors (Lipinski definition) is 0. The van der Waals surface area contributed by atoms with Gasteiger partial charge in [0.1, 0.15) is 11.6 Å². The molecule has 3 heterocycles. The van der Waals surface area contributed by atoms with Crippen LogP contribution in [-0.4, -0.2) is 79.0 Å². The van der Waals surface area contributed by atoms with E-state index in [-0.39, 0.29) is 34.1 Å². The highest BCUT2D eigenvalue weighted by atomic mass is 16.2. The molecule has 6 heteroatoms. The molecule has 3 aliphatic rings. The standard InChI is InChI=1S/C13H17NO.C7H13NO.C6H11NO.3CH4/c1-10(15)13-7-11-5-3-4-6-12(11)8-14(2)9-13;1-6-3-4-8(5-6)7(2)9;1-5(8)6-3-7(2)4-6;;;/h3-6,13H,7-9H2,1-2H3;6H,3-5H2,1-2H3;6H,3-4H2,1-2H3;3*1H4. The Labute approximate surface area is 216 Å². The van der Waals surface area contributed by atoms with Gasteiger partial charge in [0.2, 0.25) is 5.91 Å². The number of Topliss-reactive ketones (excluding diaryl/α,β-unsaturated/α-hetero) is 2. The third-order valence-corrected chi connectivity index (χ3v) is 6.64. The van der Waals surface area contributed by atoms with E-state index in [9.17, 15) is 14.4 Å². The molecule has 1 aromatic carbocycles. The Kier molecular flexibility index (Phi) is 16.6. The van der Waals surface area contributed by atoms with Crippen LogP contribution in [0.15, 0.2) is 24.3 Å². The molecule has 3 aliphatic heterocycles. The second kappa shape index (κ2) is 16.6. The van der Waals surface area contributed by atoms with Gasteiger partial charge in [0.05, 0.1) is 0 Å². The normalized spacial score (nSPS) is 21.5. The van der Waals surface area contributed by atoms with Gasteiger partial charge in [-0.15, -0.1) is 0 Å². The van der Waals surface area contributed by atoms with Gasteiger partial charge in [-0.2, -0.15) is 0 Å². The third-order valence-electron chi connectivity index (χ3n) is 6.64. The van der Waals surface area contributed by atoms with Crippen LogP contribution in [0.1, 0.15) is 67.5 Å². The Hall–Kier alpha value is -2.05. The van der Waals surface area contributed by atoms with Crippen LogP contribution >= 0.6 is 0 Å². The van der Waals surface area contributed by atoms with Gasteiger partial charge in [0.15, 0.2) is 0 Å². The quantitative estimate of drug-likeness (QED) is 0.595. The summed E-state index contributed by atoms with van der Waals surface area (Å²) in [5.41, 5.74) is 2.70. The molecule has 2 fully saturated rings. The van der Waals surface area contributed by atoms with Crippen molar-refractivity contribution in [3.63, 3.8) is 0 Å². The second-order valence-electron chi connectivity index (χ2n) is 9.86. The molecule has 0 aliphatic carbocycles.